The van der Waals surface area contributed by atoms with Gasteiger partial charge in [-0.05, 0) is 35.4 Å². The van der Waals surface area contributed by atoms with E-state index in [1.54, 1.807) is 35.2 Å². The number of hydrogen-bond acceptors (Lipinski definition) is 13. The summed E-state index contributed by atoms with van der Waals surface area (Å²) in [5.41, 5.74) is 7.89. The molecule has 0 bridgehead atoms. The lowest BCUT2D eigenvalue weighted by Gasteiger charge is -2.26. The molecule has 16 heteroatoms. The first-order chi connectivity index (χ1) is 20.7. The number of carbonyl (C=O) groups excluding carboxylic acids is 3. The van der Waals surface area contributed by atoms with E-state index in [0.717, 1.165) is 17.3 Å². The van der Waals surface area contributed by atoms with Gasteiger partial charge in [0.25, 0.3) is 11.1 Å². The maximum atomic E-state index is 13.3. The number of amides is 3. The van der Waals surface area contributed by atoms with Crippen molar-refractivity contribution in [2.45, 2.75) is 23.0 Å². The molecule has 0 aliphatic carbocycles. The van der Waals surface area contributed by atoms with Gasteiger partial charge in [-0.15, -0.1) is 21.5 Å². The zero-order valence-corrected chi connectivity index (χ0v) is 25.1. The van der Waals surface area contributed by atoms with Crippen LogP contribution in [0.5, 0.6) is 0 Å². The molecule has 224 valence electrons. The Hall–Kier alpha value is -3.70. The summed E-state index contributed by atoms with van der Waals surface area (Å²) in [7, 11) is -3.75. The monoisotopic (exact) mass is 642 g/mol. The lowest BCUT2D eigenvalue weighted by Crippen LogP contribution is -2.40. The van der Waals surface area contributed by atoms with Gasteiger partial charge in [-0.1, -0.05) is 23.9 Å². The van der Waals surface area contributed by atoms with Crippen LogP contribution in [0.4, 0.5) is 4.79 Å². The zero-order valence-electron chi connectivity index (χ0n) is 22.6. The number of aromatic nitrogens is 3. The van der Waals surface area contributed by atoms with E-state index >= 15 is 0 Å². The van der Waals surface area contributed by atoms with Crippen LogP contribution in [-0.2, 0) is 32.2 Å². The molecule has 6 rings (SSSR count). The largest absolute Gasteiger partial charge is 0.425 e. The number of sulfone groups is 1. The first kappa shape index (κ1) is 29.4. The summed E-state index contributed by atoms with van der Waals surface area (Å²) in [6, 6.07) is 10.5. The lowest BCUT2D eigenvalue weighted by molar-refractivity contribution is -0.119. The Kier molecular flexibility index (Phi) is 8.28. The fraction of sp³-hybridized carbons (Fsp3) is 0.333. The molecule has 2 aliphatic heterocycles. The first-order valence-corrected chi connectivity index (χ1v) is 16.7. The molecule has 43 heavy (non-hydrogen) atoms. The number of rotatable bonds is 9. The molecule has 4 heterocycles. The summed E-state index contributed by atoms with van der Waals surface area (Å²) < 4.78 is 38.2. The summed E-state index contributed by atoms with van der Waals surface area (Å²) in [6.07, 6.45) is 0.260. The van der Waals surface area contributed by atoms with Crippen molar-refractivity contribution in [3.8, 4) is 11.1 Å². The molecule has 0 spiro atoms. The number of thioether (sulfide) groups is 1. The van der Waals surface area contributed by atoms with E-state index < -0.39 is 26.2 Å². The van der Waals surface area contributed by atoms with Crippen LogP contribution < -0.4 is 11.1 Å². The van der Waals surface area contributed by atoms with Gasteiger partial charge < -0.3 is 19.8 Å². The second-order valence-corrected chi connectivity index (χ2v) is 14.2. The number of nitrogens with two attached hydrogens (primary N) is 1. The minimum atomic E-state index is -3.75. The van der Waals surface area contributed by atoms with Crippen molar-refractivity contribution in [3.05, 3.63) is 58.8 Å². The van der Waals surface area contributed by atoms with Crippen LogP contribution in [0, 0.1) is 0 Å². The summed E-state index contributed by atoms with van der Waals surface area (Å²) in [4.78, 5) is 42.6. The van der Waals surface area contributed by atoms with Gasteiger partial charge in [0, 0.05) is 31.6 Å². The fourth-order valence-corrected chi connectivity index (χ4v) is 7.99. The van der Waals surface area contributed by atoms with Crippen LogP contribution in [0.15, 0.2) is 45.7 Å². The summed E-state index contributed by atoms with van der Waals surface area (Å²) in [6.45, 7) is 2.05. The number of nitrogens with zero attached hydrogens (tertiary/aromatic N) is 4. The fourth-order valence-electron chi connectivity index (χ4n) is 4.80. The molecule has 3 amide bonds. The van der Waals surface area contributed by atoms with Crippen molar-refractivity contribution >= 4 is 60.2 Å². The third-order valence-electron chi connectivity index (χ3n) is 6.93. The van der Waals surface area contributed by atoms with E-state index in [1.165, 1.54) is 11.3 Å². The van der Waals surface area contributed by atoms with Crippen LogP contribution in [0.3, 0.4) is 0 Å². The van der Waals surface area contributed by atoms with Crippen molar-refractivity contribution in [2.75, 3.05) is 38.6 Å². The predicted molar refractivity (Wildman–Crippen MR) is 159 cm³/mol. The van der Waals surface area contributed by atoms with Gasteiger partial charge in [-0.3, -0.25) is 19.7 Å². The highest BCUT2D eigenvalue weighted by atomic mass is 32.2. The summed E-state index contributed by atoms with van der Waals surface area (Å²) in [5.74, 6) is -0.264. The molecule has 2 saturated heterocycles. The van der Waals surface area contributed by atoms with E-state index in [9.17, 15) is 22.8 Å². The van der Waals surface area contributed by atoms with E-state index in [0.29, 0.717) is 52.7 Å². The van der Waals surface area contributed by atoms with Gasteiger partial charge in [-0.25, -0.2) is 13.4 Å². The number of fused-ring (bicyclic) bond motifs is 1. The SMILES string of the molecule is NCCS(=O)(=O)c1cc(-c2ccc(C(=O)N3CCOCC3)cc2)cc2sc(Cc3nnc(CC4SC(=O)NC4=O)o3)nc12. The van der Waals surface area contributed by atoms with Gasteiger partial charge in [0.2, 0.25) is 17.7 Å². The smallest absolute Gasteiger partial charge is 0.286 e. The van der Waals surface area contributed by atoms with Crippen molar-refractivity contribution < 1.29 is 32.0 Å². The number of nitrogens with one attached hydrogen (secondary N) is 1. The average Bonchev–Trinajstić information content (AvgIpc) is 3.70. The molecular formula is C27H26N6O7S3. The number of morpholine rings is 1. The lowest BCUT2D eigenvalue weighted by atomic mass is 10.0. The number of thiazole rings is 1. The van der Waals surface area contributed by atoms with Crippen molar-refractivity contribution in [2.24, 2.45) is 5.73 Å². The van der Waals surface area contributed by atoms with Gasteiger partial charge in [-0.2, -0.15) is 0 Å². The molecule has 2 aromatic heterocycles. The minimum absolute atomic E-state index is 0.0446. The highest BCUT2D eigenvalue weighted by Gasteiger charge is 2.33. The van der Waals surface area contributed by atoms with E-state index in [4.69, 9.17) is 14.9 Å². The Morgan fingerprint density at radius 2 is 1.81 bits per heavy atom. The maximum absolute atomic E-state index is 13.3. The quantitative estimate of drug-likeness (QED) is 0.271. The number of imide groups is 1. The molecule has 2 aromatic carbocycles. The highest BCUT2D eigenvalue weighted by molar-refractivity contribution is 8.15. The van der Waals surface area contributed by atoms with E-state index in [2.05, 4.69) is 20.5 Å². The number of carbonyl (C=O) groups is 3. The van der Waals surface area contributed by atoms with Crippen molar-refractivity contribution in [1.29, 1.82) is 0 Å². The van der Waals surface area contributed by atoms with Crippen molar-refractivity contribution in [3.63, 3.8) is 0 Å². The highest BCUT2D eigenvalue weighted by Crippen LogP contribution is 2.35. The summed E-state index contributed by atoms with van der Waals surface area (Å²) >= 11 is 2.17. The van der Waals surface area contributed by atoms with Crippen LogP contribution >= 0.6 is 23.1 Å². The number of benzene rings is 2. The Morgan fingerprint density at radius 1 is 1.07 bits per heavy atom. The third kappa shape index (κ3) is 6.33. The van der Waals surface area contributed by atoms with Gasteiger partial charge in [0.1, 0.15) is 15.8 Å². The molecular weight excluding hydrogens is 617 g/mol. The molecule has 4 aromatic rings. The van der Waals surface area contributed by atoms with E-state index in [-0.39, 0.29) is 47.7 Å². The topological polar surface area (TPSA) is 188 Å². The molecule has 1 atom stereocenters. The number of ether oxygens (including phenoxy) is 1. The van der Waals surface area contributed by atoms with Crippen LogP contribution in [-0.4, -0.2) is 89.4 Å². The van der Waals surface area contributed by atoms with Gasteiger partial charge >= 0.3 is 0 Å². The second-order valence-electron chi connectivity index (χ2n) is 9.87. The zero-order chi connectivity index (χ0) is 30.1. The van der Waals surface area contributed by atoms with Crippen molar-refractivity contribution in [1.82, 2.24) is 25.4 Å². The molecule has 2 aliphatic rings. The first-order valence-electron chi connectivity index (χ1n) is 13.4. The van der Waals surface area contributed by atoms with E-state index in [1.807, 2.05) is 6.07 Å². The molecule has 2 fully saturated rings. The van der Waals surface area contributed by atoms with Crippen LogP contribution in [0.1, 0.15) is 27.1 Å². The molecule has 0 saturated carbocycles. The maximum Gasteiger partial charge on any atom is 0.286 e. The average molecular weight is 643 g/mol. The second kappa shape index (κ2) is 12.1. The standard InChI is InChI=1S/C27H26N6O7S3/c28-5-10-43(37,38)20-12-17(15-1-3-16(4-2-15)26(35)33-6-8-39-9-7-33)11-18-24(20)29-23(41-18)14-22-32-31-21(40-22)13-19-25(34)30-27(36)42-19/h1-4,11-12,19H,5-10,13-14,28H2,(H,30,34,36). The molecule has 13 nitrogen and oxygen atoms in total. The minimum Gasteiger partial charge on any atom is -0.425 e. The molecule has 0 radical (unpaired) electrons. The van der Waals surface area contributed by atoms with Gasteiger partial charge in [0.15, 0.2) is 9.84 Å². The third-order valence-corrected chi connectivity index (χ3v) is 10.7. The van der Waals surface area contributed by atoms with Gasteiger partial charge in [0.05, 0.1) is 35.0 Å². The number of hydrogen-bond donors (Lipinski definition) is 2. The summed E-state index contributed by atoms with van der Waals surface area (Å²) in [5, 5.41) is 9.75. The normalized spacial score (nSPS) is 17.5. The Balaban J connectivity index is 1.28. The Bertz CT molecular complexity index is 1810. The van der Waals surface area contributed by atoms with Crippen LogP contribution in [0.25, 0.3) is 21.3 Å². The van der Waals surface area contributed by atoms with Crippen LogP contribution in [0.2, 0.25) is 0 Å². The molecule has 1 unspecified atom stereocenters. The Morgan fingerprint density at radius 3 is 2.51 bits per heavy atom. The predicted octanol–water partition coefficient (Wildman–Crippen LogP) is 2.04. The molecule has 3 N–H and O–H groups in total. The Labute approximate surface area is 254 Å².